The fourth-order valence-electron chi connectivity index (χ4n) is 2.90. The molecule has 6 nitrogen and oxygen atoms in total. The van der Waals surface area contributed by atoms with Crippen LogP contribution in [-0.4, -0.2) is 30.8 Å². The lowest BCUT2D eigenvalue weighted by molar-refractivity contribution is -0.123. The number of rotatable bonds is 3. The molecule has 2 N–H and O–H groups in total. The van der Waals surface area contributed by atoms with Gasteiger partial charge in [-0.15, -0.1) is 0 Å². The molecule has 3 rings (SSSR count). The van der Waals surface area contributed by atoms with Gasteiger partial charge in [0.25, 0.3) is 0 Å². The Labute approximate surface area is 122 Å². The smallest absolute Gasteiger partial charge is 0.227 e. The van der Waals surface area contributed by atoms with Crippen LogP contribution in [-0.2, 0) is 14.4 Å². The highest BCUT2D eigenvalue weighted by atomic mass is 16.2. The third kappa shape index (κ3) is 2.49. The van der Waals surface area contributed by atoms with Crippen molar-refractivity contribution in [2.75, 3.05) is 22.9 Å². The standard InChI is InChI=1S/C15H17N3O3/c16-15(21)10-7-14(20)18(9-10)12-4-1-3-11(8-12)17-6-2-5-13(17)19/h1,3-4,8,10H,2,5-7,9H2,(H2,16,21). The Kier molecular flexibility index (Phi) is 3.37. The van der Waals surface area contributed by atoms with Crippen LogP contribution in [0.5, 0.6) is 0 Å². The number of hydrogen-bond donors (Lipinski definition) is 1. The van der Waals surface area contributed by atoms with Crippen molar-refractivity contribution in [1.82, 2.24) is 0 Å². The second-order valence-electron chi connectivity index (χ2n) is 5.48. The van der Waals surface area contributed by atoms with Gasteiger partial charge in [0.05, 0.1) is 5.92 Å². The number of anilines is 2. The average molecular weight is 287 g/mol. The zero-order valence-electron chi connectivity index (χ0n) is 11.6. The van der Waals surface area contributed by atoms with Gasteiger partial charge in [-0.05, 0) is 24.6 Å². The highest BCUT2D eigenvalue weighted by Gasteiger charge is 2.34. The topological polar surface area (TPSA) is 83.7 Å². The molecule has 110 valence electrons. The summed E-state index contributed by atoms with van der Waals surface area (Å²) < 4.78 is 0. The molecule has 1 unspecified atom stereocenters. The molecule has 0 aliphatic carbocycles. The van der Waals surface area contributed by atoms with E-state index in [9.17, 15) is 14.4 Å². The number of nitrogens with zero attached hydrogens (tertiary/aromatic N) is 2. The zero-order valence-corrected chi connectivity index (χ0v) is 11.6. The Morgan fingerprint density at radius 3 is 2.43 bits per heavy atom. The fourth-order valence-corrected chi connectivity index (χ4v) is 2.90. The van der Waals surface area contributed by atoms with Gasteiger partial charge in [-0.2, -0.15) is 0 Å². The summed E-state index contributed by atoms with van der Waals surface area (Å²) in [4.78, 5) is 38.4. The maximum absolute atomic E-state index is 12.0. The molecule has 0 spiro atoms. The summed E-state index contributed by atoms with van der Waals surface area (Å²) in [6, 6.07) is 7.32. The second kappa shape index (κ2) is 5.20. The molecule has 0 radical (unpaired) electrons. The number of amides is 3. The molecule has 2 aliphatic rings. The van der Waals surface area contributed by atoms with Crippen LogP contribution in [0.1, 0.15) is 19.3 Å². The number of benzene rings is 1. The van der Waals surface area contributed by atoms with Gasteiger partial charge in [-0.25, -0.2) is 0 Å². The number of primary amides is 1. The van der Waals surface area contributed by atoms with Crippen LogP contribution in [0.25, 0.3) is 0 Å². The molecule has 0 aromatic heterocycles. The van der Waals surface area contributed by atoms with Gasteiger partial charge >= 0.3 is 0 Å². The molecule has 2 aliphatic heterocycles. The van der Waals surface area contributed by atoms with Crippen LogP contribution < -0.4 is 15.5 Å². The van der Waals surface area contributed by atoms with E-state index in [0.717, 1.165) is 12.1 Å². The SMILES string of the molecule is NC(=O)C1CC(=O)N(c2cccc(N3CCCC3=O)c2)C1. The highest BCUT2D eigenvalue weighted by molar-refractivity contribution is 6.01. The van der Waals surface area contributed by atoms with Crippen molar-refractivity contribution < 1.29 is 14.4 Å². The van der Waals surface area contributed by atoms with Crippen molar-refractivity contribution in [3.63, 3.8) is 0 Å². The zero-order chi connectivity index (χ0) is 15.0. The summed E-state index contributed by atoms with van der Waals surface area (Å²) in [5, 5.41) is 0. The van der Waals surface area contributed by atoms with E-state index in [0.29, 0.717) is 25.2 Å². The minimum Gasteiger partial charge on any atom is -0.369 e. The summed E-state index contributed by atoms with van der Waals surface area (Å²) in [5.74, 6) is -0.884. The summed E-state index contributed by atoms with van der Waals surface area (Å²) in [6.45, 7) is 1.02. The number of carbonyl (C=O) groups excluding carboxylic acids is 3. The van der Waals surface area contributed by atoms with Crippen molar-refractivity contribution >= 4 is 29.1 Å². The Bertz CT molecular complexity index is 614. The molecule has 2 fully saturated rings. The summed E-state index contributed by atoms with van der Waals surface area (Å²) in [6.07, 6.45) is 1.58. The minimum atomic E-state index is -0.447. The van der Waals surface area contributed by atoms with E-state index in [1.165, 1.54) is 0 Å². The van der Waals surface area contributed by atoms with Gasteiger partial charge in [0, 0.05) is 37.3 Å². The lowest BCUT2D eigenvalue weighted by Crippen LogP contribution is -2.29. The predicted octanol–water partition coefficient (Wildman–Crippen LogP) is 0.652. The van der Waals surface area contributed by atoms with E-state index < -0.39 is 11.8 Å². The maximum Gasteiger partial charge on any atom is 0.227 e. The summed E-state index contributed by atoms with van der Waals surface area (Å²) in [5.41, 5.74) is 6.78. The van der Waals surface area contributed by atoms with E-state index >= 15 is 0 Å². The van der Waals surface area contributed by atoms with E-state index in [1.54, 1.807) is 9.80 Å². The second-order valence-corrected chi connectivity index (χ2v) is 5.48. The lowest BCUT2D eigenvalue weighted by Gasteiger charge is -2.20. The minimum absolute atomic E-state index is 0.106. The first-order valence-electron chi connectivity index (χ1n) is 7.06. The lowest BCUT2D eigenvalue weighted by atomic mass is 10.1. The van der Waals surface area contributed by atoms with Crippen molar-refractivity contribution in [3.8, 4) is 0 Å². The molecule has 6 heteroatoms. The Morgan fingerprint density at radius 2 is 1.86 bits per heavy atom. The van der Waals surface area contributed by atoms with Crippen molar-refractivity contribution in [3.05, 3.63) is 24.3 Å². The van der Waals surface area contributed by atoms with Gasteiger partial charge in [-0.1, -0.05) is 6.07 Å². The van der Waals surface area contributed by atoms with Gasteiger partial charge in [0.15, 0.2) is 0 Å². The molecule has 2 heterocycles. The molecule has 0 bridgehead atoms. The Morgan fingerprint density at radius 1 is 1.14 bits per heavy atom. The van der Waals surface area contributed by atoms with Gasteiger partial charge in [-0.3, -0.25) is 14.4 Å². The monoisotopic (exact) mass is 287 g/mol. The van der Waals surface area contributed by atoms with Crippen LogP contribution >= 0.6 is 0 Å². The summed E-state index contributed by atoms with van der Waals surface area (Å²) in [7, 11) is 0. The molecule has 1 atom stereocenters. The third-order valence-electron chi connectivity index (χ3n) is 4.05. The molecule has 1 aromatic rings. The first-order valence-corrected chi connectivity index (χ1v) is 7.06. The fraction of sp³-hybridized carbons (Fsp3) is 0.400. The first-order chi connectivity index (χ1) is 10.1. The van der Waals surface area contributed by atoms with Crippen LogP contribution in [0.4, 0.5) is 11.4 Å². The molecule has 3 amide bonds. The van der Waals surface area contributed by atoms with E-state index in [4.69, 9.17) is 5.73 Å². The van der Waals surface area contributed by atoms with Gasteiger partial charge in [0.2, 0.25) is 17.7 Å². The normalized spacial score (nSPS) is 22.2. The number of carbonyl (C=O) groups is 3. The van der Waals surface area contributed by atoms with Gasteiger partial charge < -0.3 is 15.5 Å². The molecular formula is C15H17N3O3. The van der Waals surface area contributed by atoms with E-state index in [-0.39, 0.29) is 18.2 Å². The van der Waals surface area contributed by atoms with Crippen LogP contribution in [0.3, 0.4) is 0 Å². The largest absolute Gasteiger partial charge is 0.369 e. The van der Waals surface area contributed by atoms with Crippen LogP contribution in [0.2, 0.25) is 0 Å². The predicted molar refractivity (Wildman–Crippen MR) is 77.7 cm³/mol. The maximum atomic E-state index is 12.0. The number of hydrogen-bond acceptors (Lipinski definition) is 3. The van der Waals surface area contributed by atoms with Crippen LogP contribution in [0.15, 0.2) is 24.3 Å². The van der Waals surface area contributed by atoms with E-state index in [2.05, 4.69) is 0 Å². The third-order valence-corrected chi connectivity index (χ3v) is 4.05. The Balaban J connectivity index is 1.85. The molecule has 0 saturated carbocycles. The van der Waals surface area contributed by atoms with Crippen molar-refractivity contribution in [2.24, 2.45) is 11.7 Å². The summed E-state index contributed by atoms with van der Waals surface area (Å²) >= 11 is 0. The average Bonchev–Trinajstić information content (AvgIpc) is 3.05. The number of nitrogens with two attached hydrogens (primary N) is 1. The van der Waals surface area contributed by atoms with Gasteiger partial charge in [0.1, 0.15) is 0 Å². The quantitative estimate of drug-likeness (QED) is 0.886. The van der Waals surface area contributed by atoms with Crippen LogP contribution in [0, 0.1) is 5.92 Å². The van der Waals surface area contributed by atoms with Crippen molar-refractivity contribution in [2.45, 2.75) is 19.3 Å². The first kappa shape index (κ1) is 13.6. The molecular weight excluding hydrogens is 270 g/mol. The highest BCUT2D eigenvalue weighted by Crippen LogP contribution is 2.29. The van der Waals surface area contributed by atoms with Crippen molar-refractivity contribution in [1.29, 1.82) is 0 Å². The Hall–Kier alpha value is -2.37. The van der Waals surface area contributed by atoms with E-state index in [1.807, 2.05) is 24.3 Å². The molecule has 1 aromatic carbocycles. The molecule has 21 heavy (non-hydrogen) atoms. The molecule has 2 saturated heterocycles.